The minimum Gasteiger partial charge on any atom is -0.267 e. The quantitative estimate of drug-likeness (QED) is 0.647. The number of rotatable bonds is 1. The number of benzene rings is 2. The van der Waals surface area contributed by atoms with Gasteiger partial charge in [0, 0.05) is 5.56 Å². The molecule has 0 aliphatic carbocycles. The summed E-state index contributed by atoms with van der Waals surface area (Å²) in [5.41, 5.74) is 7.53. The van der Waals surface area contributed by atoms with Gasteiger partial charge in [-0.05, 0) is 16.8 Å². The summed E-state index contributed by atoms with van der Waals surface area (Å²) in [6.07, 6.45) is 0. The summed E-state index contributed by atoms with van der Waals surface area (Å²) in [6.45, 7) is 0. The van der Waals surface area contributed by atoms with Gasteiger partial charge >= 0.3 is 0 Å². The third kappa shape index (κ3) is 1.26. The van der Waals surface area contributed by atoms with Gasteiger partial charge in [-0.3, -0.25) is 10.5 Å². The van der Waals surface area contributed by atoms with Crippen LogP contribution in [0, 0.1) is 0 Å². The summed E-state index contributed by atoms with van der Waals surface area (Å²) in [4.78, 5) is 10.9. The van der Waals surface area contributed by atoms with Crippen molar-refractivity contribution in [1.29, 1.82) is 0 Å². The monoisotopic (exact) mass is 170 g/mol. The second-order valence-electron chi connectivity index (χ2n) is 2.86. The highest BCUT2D eigenvalue weighted by Crippen LogP contribution is 2.17. The van der Waals surface area contributed by atoms with Crippen molar-refractivity contribution in [3.63, 3.8) is 0 Å². The lowest BCUT2D eigenvalue weighted by Gasteiger charge is -2.00. The fourth-order valence-corrected chi connectivity index (χ4v) is 1.42. The molecule has 2 rings (SSSR count). The number of nitrogens with one attached hydrogen (secondary N) is 1. The van der Waals surface area contributed by atoms with E-state index in [0.29, 0.717) is 5.56 Å². The summed E-state index contributed by atoms with van der Waals surface area (Å²) in [7, 11) is 0. The van der Waals surface area contributed by atoms with Crippen molar-refractivity contribution in [2.45, 2.75) is 0 Å². The van der Waals surface area contributed by atoms with Gasteiger partial charge in [0.05, 0.1) is 0 Å². The summed E-state index contributed by atoms with van der Waals surface area (Å²) >= 11 is 0. The zero-order valence-corrected chi connectivity index (χ0v) is 6.95. The first-order valence-corrected chi connectivity index (χ1v) is 4.03. The summed E-state index contributed by atoms with van der Waals surface area (Å²) < 4.78 is 0. The van der Waals surface area contributed by atoms with Gasteiger partial charge in [-0.2, -0.15) is 0 Å². The van der Waals surface area contributed by atoms with Crippen LogP contribution >= 0.6 is 0 Å². The first-order valence-electron chi connectivity index (χ1n) is 4.03. The molecule has 0 aliphatic rings. The van der Waals surface area contributed by atoms with Gasteiger partial charge < -0.3 is 0 Å². The molecule has 2 nitrogen and oxygen atoms in total. The van der Waals surface area contributed by atoms with Crippen LogP contribution in [0.1, 0.15) is 10.4 Å². The lowest BCUT2D eigenvalue weighted by atomic mass is 10.0. The normalized spacial score (nSPS) is 10.2. The second-order valence-corrected chi connectivity index (χ2v) is 2.86. The summed E-state index contributed by atoms with van der Waals surface area (Å²) in [5.74, 6) is -0.628. The van der Waals surface area contributed by atoms with Crippen molar-refractivity contribution < 1.29 is 4.79 Å². The molecule has 2 aromatic carbocycles. The zero-order chi connectivity index (χ0) is 9.26. The average molecular weight is 170 g/mol. The van der Waals surface area contributed by atoms with E-state index in [-0.39, 0.29) is 0 Å². The lowest BCUT2D eigenvalue weighted by Crippen LogP contribution is -1.99. The van der Waals surface area contributed by atoms with Crippen molar-refractivity contribution >= 4 is 16.7 Å². The first-order chi connectivity index (χ1) is 6.29. The standard InChI is InChI=1S/C11H8NO/c12-11(13)10-7-3-5-8-4-1-2-6-9(8)10/h1-7,12H. The number of hydrogen-bond donors (Lipinski definition) is 0. The van der Waals surface area contributed by atoms with Crippen LogP contribution < -0.4 is 5.73 Å². The van der Waals surface area contributed by atoms with Crippen molar-refractivity contribution in [3.8, 4) is 0 Å². The van der Waals surface area contributed by atoms with E-state index in [2.05, 4.69) is 0 Å². The van der Waals surface area contributed by atoms with E-state index in [1.807, 2.05) is 30.3 Å². The maximum atomic E-state index is 10.9. The maximum absolute atomic E-state index is 10.9. The molecule has 2 aromatic rings. The van der Waals surface area contributed by atoms with Crippen LogP contribution in [0.4, 0.5) is 0 Å². The molecule has 0 saturated carbocycles. The number of carbonyl (C=O) groups is 1. The molecule has 0 aromatic heterocycles. The fraction of sp³-hybridized carbons (Fsp3) is 0. The van der Waals surface area contributed by atoms with E-state index in [4.69, 9.17) is 5.73 Å². The molecule has 1 amide bonds. The lowest BCUT2D eigenvalue weighted by molar-refractivity contribution is 0.0993. The third-order valence-electron chi connectivity index (χ3n) is 2.03. The highest BCUT2D eigenvalue weighted by atomic mass is 16.1. The molecule has 0 heterocycles. The highest BCUT2D eigenvalue weighted by molar-refractivity contribution is 6.05. The minimum atomic E-state index is -0.628. The van der Waals surface area contributed by atoms with Gasteiger partial charge in [-0.25, -0.2) is 0 Å². The van der Waals surface area contributed by atoms with Gasteiger partial charge in [-0.15, -0.1) is 0 Å². The molecule has 0 aliphatic heterocycles. The zero-order valence-electron chi connectivity index (χ0n) is 6.95. The van der Waals surface area contributed by atoms with E-state index in [9.17, 15) is 4.79 Å². The Morgan fingerprint density at radius 1 is 1.00 bits per heavy atom. The molecule has 1 N–H and O–H groups in total. The number of carbonyl (C=O) groups excluding carboxylic acids is 1. The third-order valence-corrected chi connectivity index (χ3v) is 2.03. The molecule has 2 heteroatoms. The van der Waals surface area contributed by atoms with Crippen molar-refractivity contribution in [3.05, 3.63) is 48.0 Å². The van der Waals surface area contributed by atoms with Gasteiger partial charge in [0.25, 0.3) is 5.91 Å². The van der Waals surface area contributed by atoms with Crippen LogP contribution in [0.2, 0.25) is 0 Å². The van der Waals surface area contributed by atoms with Crippen LogP contribution in [-0.4, -0.2) is 5.91 Å². The average Bonchev–Trinajstić information content (AvgIpc) is 2.17. The topological polar surface area (TPSA) is 40.9 Å². The fourth-order valence-electron chi connectivity index (χ4n) is 1.42. The first kappa shape index (κ1) is 7.80. The van der Waals surface area contributed by atoms with Crippen LogP contribution in [0.5, 0.6) is 0 Å². The maximum Gasteiger partial charge on any atom is 0.270 e. The molecule has 63 valence electrons. The molecule has 0 unspecified atom stereocenters. The minimum absolute atomic E-state index is 0.470. The van der Waals surface area contributed by atoms with Crippen LogP contribution in [-0.2, 0) is 0 Å². The summed E-state index contributed by atoms with van der Waals surface area (Å²) in [5, 5.41) is 1.85. The van der Waals surface area contributed by atoms with Gasteiger partial charge in [0.2, 0.25) is 0 Å². The molecule has 0 saturated heterocycles. The van der Waals surface area contributed by atoms with Crippen LogP contribution in [0.25, 0.3) is 10.8 Å². The Hall–Kier alpha value is -1.83. The second kappa shape index (κ2) is 2.90. The van der Waals surface area contributed by atoms with E-state index in [0.717, 1.165) is 10.8 Å². The van der Waals surface area contributed by atoms with E-state index in [1.54, 1.807) is 12.1 Å². The molecule has 0 atom stereocenters. The van der Waals surface area contributed by atoms with E-state index >= 15 is 0 Å². The molecular formula is C11H8NO. The Balaban J connectivity index is 2.83. The Kier molecular flexibility index (Phi) is 1.74. The Morgan fingerprint density at radius 2 is 1.69 bits per heavy atom. The molecule has 0 fully saturated rings. The summed E-state index contributed by atoms with van der Waals surface area (Å²) in [6, 6.07) is 13.0. The number of hydrogen-bond acceptors (Lipinski definition) is 1. The van der Waals surface area contributed by atoms with Gasteiger partial charge in [0.15, 0.2) is 0 Å². The smallest absolute Gasteiger partial charge is 0.267 e. The number of fused-ring (bicyclic) bond motifs is 1. The van der Waals surface area contributed by atoms with Crippen molar-refractivity contribution in [1.82, 2.24) is 5.73 Å². The van der Waals surface area contributed by atoms with Gasteiger partial charge in [-0.1, -0.05) is 36.4 Å². The molecule has 0 bridgehead atoms. The van der Waals surface area contributed by atoms with Crippen molar-refractivity contribution in [2.75, 3.05) is 0 Å². The largest absolute Gasteiger partial charge is 0.270 e. The van der Waals surface area contributed by atoms with E-state index < -0.39 is 5.91 Å². The molecular weight excluding hydrogens is 162 g/mol. The molecule has 1 radical (unpaired) electrons. The Morgan fingerprint density at radius 3 is 2.46 bits per heavy atom. The Labute approximate surface area is 76.0 Å². The number of amides is 1. The van der Waals surface area contributed by atoms with Crippen LogP contribution in [0.3, 0.4) is 0 Å². The Bertz CT molecular complexity index is 457. The molecule has 0 spiro atoms. The van der Waals surface area contributed by atoms with Crippen LogP contribution in [0.15, 0.2) is 42.5 Å². The molecule has 13 heavy (non-hydrogen) atoms. The van der Waals surface area contributed by atoms with Crippen molar-refractivity contribution in [2.24, 2.45) is 0 Å². The predicted octanol–water partition coefficient (Wildman–Crippen LogP) is 2.26. The predicted molar refractivity (Wildman–Crippen MR) is 51.4 cm³/mol. The highest BCUT2D eigenvalue weighted by Gasteiger charge is 2.04. The van der Waals surface area contributed by atoms with E-state index in [1.165, 1.54) is 0 Å². The SMILES string of the molecule is [NH]C(=O)c1cccc2ccccc12. The van der Waals surface area contributed by atoms with Gasteiger partial charge in [0.1, 0.15) is 0 Å².